The standard InChI is InChI=1S/C24H30FNO5/c1-30-21-3-2-14(7-19(21)25)13-31-22(28)20-8-18(27)12-26(20)23(29)24-9-15-4-16(10-24)6-17(5-15)11-24/h2-3,7,15-18,20,27H,4-6,8-13H2,1H3. The zero-order valence-corrected chi connectivity index (χ0v) is 17.9. The number of esters is 1. The molecule has 2 atom stereocenters. The number of ether oxygens (including phenoxy) is 2. The van der Waals surface area contributed by atoms with E-state index in [9.17, 15) is 19.1 Å². The second kappa shape index (κ2) is 7.76. The maximum absolute atomic E-state index is 13.9. The van der Waals surface area contributed by atoms with E-state index in [1.165, 1.54) is 38.5 Å². The smallest absolute Gasteiger partial charge is 0.329 e. The minimum atomic E-state index is -0.779. The minimum Gasteiger partial charge on any atom is -0.494 e. The van der Waals surface area contributed by atoms with Crippen LogP contribution in [0.15, 0.2) is 18.2 Å². The van der Waals surface area contributed by atoms with Gasteiger partial charge in [-0.05, 0) is 74.0 Å². The fourth-order valence-corrected chi connectivity index (χ4v) is 6.99. The fraction of sp³-hybridized carbons (Fsp3) is 0.667. The molecule has 1 heterocycles. The lowest BCUT2D eigenvalue weighted by Gasteiger charge is -2.56. The number of carbonyl (C=O) groups is 2. The van der Waals surface area contributed by atoms with Crippen molar-refractivity contribution in [3.8, 4) is 5.75 Å². The topological polar surface area (TPSA) is 76.1 Å². The first-order valence-corrected chi connectivity index (χ1v) is 11.3. The second-order valence-electron chi connectivity index (χ2n) is 10.1. The van der Waals surface area contributed by atoms with Crippen LogP contribution in [0.3, 0.4) is 0 Å². The van der Waals surface area contributed by atoms with E-state index in [0.29, 0.717) is 23.3 Å². The molecule has 5 aliphatic rings. The number of nitrogens with zero attached hydrogens (tertiary/aromatic N) is 1. The third kappa shape index (κ3) is 3.71. The van der Waals surface area contributed by atoms with Gasteiger partial charge in [0.25, 0.3) is 0 Å². The van der Waals surface area contributed by atoms with Gasteiger partial charge in [-0.3, -0.25) is 4.79 Å². The van der Waals surface area contributed by atoms with E-state index in [1.54, 1.807) is 11.0 Å². The first-order chi connectivity index (χ1) is 14.9. The lowest BCUT2D eigenvalue weighted by atomic mass is 9.49. The van der Waals surface area contributed by atoms with Gasteiger partial charge in [0.15, 0.2) is 11.6 Å². The van der Waals surface area contributed by atoms with Crippen molar-refractivity contribution in [2.75, 3.05) is 13.7 Å². The van der Waals surface area contributed by atoms with E-state index in [-0.39, 0.29) is 36.6 Å². The number of carbonyl (C=O) groups excluding carboxylic acids is 2. The van der Waals surface area contributed by atoms with Crippen molar-refractivity contribution < 1.29 is 28.6 Å². The predicted molar refractivity (Wildman–Crippen MR) is 109 cm³/mol. The Hall–Kier alpha value is -2.15. The van der Waals surface area contributed by atoms with Crippen LogP contribution in [0.25, 0.3) is 0 Å². The normalized spacial score (nSPS) is 36.0. The quantitative estimate of drug-likeness (QED) is 0.726. The van der Waals surface area contributed by atoms with Crippen molar-refractivity contribution in [1.82, 2.24) is 4.90 Å². The van der Waals surface area contributed by atoms with E-state index in [0.717, 1.165) is 19.3 Å². The summed E-state index contributed by atoms with van der Waals surface area (Å²) >= 11 is 0. The number of hydrogen-bond acceptors (Lipinski definition) is 5. The molecule has 1 aromatic carbocycles. The molecule has 1 N–H and O–H groups in total. The third-order valence-corrected chi connectivity index (χ3v) is 7.90. The molecule has 1 aromatic rings. The van der Waals surface area contributed by atoms with Crippen LogP contribution in [0, 0.1) is 29.0 Å². The molecule has 168 valence electrons. The SMILES string of the molecule is COc1ccc(COC(=O)C2CC(O)CN2C(=O)C23CC4CC(CC(C4)C2)C3)cc1F. The lowest BCUT2D eigenvalue weighted by Crippen LogP contribution is -2.56. The number of methoxy groups -OCH3 is 1. The third-order valence-electron chi connectivity index (χ3n) is 7.90. The maximum atomic E-state index is 13.9. The van der Waals surface area contributed by atoms with E-state index < -0.39 is 23.9 Å². The Bertz CT molecular complexity index is 851. The maximum Gasteiger partial charge on any atom is 0.329 e. The first-order valence-electron chi connectivity index (χ1n) is 11.3. The molecule has 6 rings (SSSR count). The van der Waals surface area contributed by atoms with Gasteiger partial charge in [0.05, 0.1) is 18.6 Å². The largest absolute Gasteiger partial charge is 0.494 e. The van der Waals surface area contributed by atoms with E-state index >= 15 is 0 Å². The summed E-state index contributed by atoms with van der Waals surface area (Å²) in [5, 5.41) is 10.3. The second-order valence-corrected chi connectivity index (χ2v) is 10.1. The van der Waals surface area contributed by atoms with Crippen LogP contribution in [0.2, 0.25) is 0 Å². The van der Waals surface area contributed by atoms with Crippen molar-refractivity contribution >= 4 is 11.9 Å². The van der Waals surface area contributed by atoms with Crippen LogP contribution < -0.4 is 4.74 Å². The van der Waals surface area contributed by atoms with Crippen molar-refractivity contribution in [2.45, 2.75) is 63.7 Å². The summed E-state index contributed by atoms with van der Waals surface area (Å²) in [6.45, 7) is 0.0866. The van der Waals surface area contributed by atoms with Crippen molar-refractivity contribution in [3.05, 3.63) is 29.6 Å². The van der Waals surface area contributed by atoms with Gasteiger partial charge in [-0.2, -0.15) is 0 Å². The molecule has 1 aliphatic heterocycles. The number of hydrogen-bond donors (Lipinski definition) is 1. The van der Waals surface area contributed by atoms with Gasteiger partial charge < -0.3 is 19.5 Å². The Morgan fingerprint density at radius 1 is 1.13 bits per heavy atom. The molecule has 0 aromatic heterocycles. The highest BCUT2D eigenvalue weighted by Gasteiger charge is 2.57. The summed E-state index contributed by atoms with van der Waals surface area (Å²) in [4.78, 5) is 28.1. The molecule has 1 saturated heterocycles. The van der Waals surface area contributed by atoms with Crippen LogP contribution in [0.4, 0.5) is 4.39 Å². The van der Waals surface area contributed by atoms with Crippen LogP contribution in [-0.2, 0) is 20.9 Å². The number of halogens is 1. The van der Waals surface area contributed by atoms with Crippen molar-refractivity contribution in [2.24, 2.45) is 23.2 Å². The summed E-state index contributed by atoms with van der Waals surface area (Å²) < 4.78 is 24.2. The van der Waals surface area contributed by atoms with Gasteiger partial charge in [0.1, 0.15) is 12.6 Å². The van der Waals surface area contributed by atoms with Gasteiger partial charge in [-0.25, -0.2) is 9.18 Å². The predicted octanol–water partition coefficient (Wildman–Crippen LogP) is 3.06. The molecule has 0 radical (unpaired) electrons. The minimum absolute atomic E-state index is 0.0283. The number of likely N-dealkylation sites (tertiary alicyclic amines) is 1. The molecular weight excluding hydrogens is 401 g/mol. The molecule has 4 saturated carbocycles. The first kappa shape index (κ1) is 20.7. The molecule has 0 spiro atoms. The van der Waals surface area contributed by atoms with Crippen molar-refractivity contribution in [3.63, 3.8) is 0 Å². The van der Waals surface area contributed by atoms with Crippen LogP contribution in [0.1, 0.15) is 50.5 Å². The fourth-order valence-electron chi connectivity index (χ4n) is 6.99. The Labute approximate surface area is 181 Å². The van der Waals surface area contributed by atoms with E-state index in [2.05, 4.69) is 0 Å². The Morgan fingerprint density at radius 3 is 2.35 bits per heavy atom. The summed E-state index contributed by atoms with van der Waals surface area (Å²) in [6, 6.07) is 3.62. The van der Waals surface area contributed by atoms with Crippen LogP contribution in [-0.4, -0.2) is 47.7 Å². The van der Waals surface area contributed by atoms with Gasteiger partial charge in [-0.15, -0.1) is 0 Å². The number of amides is 1. The molecule has 31 heavy (non-hydrogen) atoms. The highest BCUT2D eigenvalue weighted by molar-refractivity contribution is 5.89. The highest BCUT2D eigenvalue weighted by Crippen LogP contribution is 2.60. The van der Waals surface area contributed by atoms with E-state index in [1.807, 2.05) is 0 Å². The summed E-state index contributed by atoms with van der Waals surface area (Å²) in [6.07, 6.45) is 5.91. The van der Waals surface area contributed by atoms with E-state index in [4.69, 9.17) is 9.47 Å². The Kier molecular flexibility index (Phi) is 5.19. The average Bonchev–Trinajstić information content (AvgIpc) is 3.12. The molecule has 1 amide bonds. The number of β-amino-alcohol motifs (C(OH)–C–C–N with tert-alkyl or cyclic N) is 1. The lowest BCUT2D eigenvalue weighted by molar-refractivity contribution is -0.166. The zero-order valence-electron chi connectivity index (χ0n) is 17.9. The van der Waals surface area contributed by atoms with Gasteiger partial charge >= 0.3 is 5.97 Å². The molecule has 7 heteroatoms. The summed E-state index contributed by atoms with van der Waals surface area (Å²) in [7, 11) is 1.39. The number of aliphatic hydroxyl groups is 1. The van der Waals surface area contributed by atoms with Gasteiger partial charge in [0.2, 0.25) is 5.91 Å². The molecular formula is C24H30FNO5. The zero-order chi connectivity index (χ0) is 21.8. The highest BCUT2D eigenvalue weighted by atomic mass is 19.1. The molecule has 2 unspecified atom stereocenters. The number of rotatable bonds is 5. The summed E-state index contributed by atoms with van der Waals surface area (Å²) in [5.74, 6) is 0.966. The molecule has 5 fully saturated rings. The average molecular weight is 432 g/mol. The van der Waals surface area contributed by atoms with Crippen molar-refractivity contribution in [1.29, 1.82) is 0 Å². The van der Waals surface area contributed by atoms with Crippen LogP contribution >= 0.6 is 0 Å². The summed E-state index contributed by atoms with van der Waals surface area (Å²) in [5.41, 5.74) is 0.139. The van der Waals surface area contributed by atoms with Gasteiger partial charge in [-0.1, -0.05) is 6.07 Å². The van der Waals surface area contributed by atoms with Crippen LogP contribution in [0.5, 0.6) is 5.75 Å². The Morgan fingerprint density at radius 2 is 1.77 bits per heavy atom. The number of aliphatic hydroxyl groups excluding tert-OH is 1. The Balaban J connectivity index is 1.28. The van der Waals surface area contributed by atoms with Gasteiger partial charge in [0, 0.05) is 13.0 Å². The molecule has 6 nitrogen and oxygen atoms in total. The molecule has 4 bridgehead atoms. The molecule has 4 aliphatic carbocycles. The monoisotopic (exact) mass is 431 g/mol. The number of benzene rings is 1.